The summed E-state index contributed by atoms with van der Waals surface area (Å²) in [6, 6.07) is 0. The van der Waals surface area contributed by atoms with Gasteiger partial charge >= 0.3 is 48.9 Å². The molecule has 0 aromatic heterocycles. The molecule has 5 nitrogen and oxygen atoms in total. The molecule has 0 saturated heterocycles. The van der Waals surface area contributed by atoms with Gasteiger partial charge < -0.3 is 20.3 Å². The van der Waals surface area contributed by atoms with Crippen molar-refractivity contribution in [3.05, 3.63) is 0 Å². The summed E-state index contributed by atoms with van der Waals surface area (Å²) < 4.78 is 24.0. The zero-order valence-corrected chi connectivity index (χ0v) is 3.40. The van der Waals surface area contributed by atoms with Crippen LogP contribution in [0.1, 0.15) is 0 Å². The van der Waals surface area contributed by atoms with Crippen molar-refractivity contribution in [1.82, 2.24) is 0 Å². The topological polar surface area (TPSA) is 129 Å². The second-order valence-electron chi connectivity index (χ2n) is 0.201. The third-order valence-corrected chi connectivity index (χ3v) is 0. The largest absolute Gasteiger partial charge is 0.321 e. The predicted octanol–water partition coefficient (Wildman–Crippen LogP) is -5.50. The Balaban J connectivity index is -0.0000000150. The van der Waals surface area contributed by atoms with Crippen molar-refractivity contribution in [2.45, 2.75) is 0 Å². The van der Waals surface area contributed by atoms with Crippen LogP contribution < -0.4 is 9.32 Å². The number of hydrogen-bond donors (Lipinski definition) is 1. The standard InChI is InChI=1S/Ba.ClHO3.2H2O.2H/c;2-1(3)4;;;;/h;2H;2*1H2;;. The Labute approximate surface area is 83.4 Å². The summed E-state index contributed by atoms with van der Waals surface area (Å²) in [4.78, 5) is 0. The summed E-state index contributed by atoms with van der Waals surface area (Å²) in [6.45, 7) is 0. The van der Waals surface area contributed by atoms with Gasteiger partial charge in [0.15, 0.2) is 0 Å². The maximum absolute atomic E-state index is 8.52. The van der Waals surface area contributed by atoms with Crippen LogP contribution in [-0.2, 0) is 0 Å². The van der Waals surface area contributed by atoms with Gasteiger partial charge in [0.2, 0.25) is 0 Å². The summed E-state index contributed by atoms with van der Waals surface area (Å²) >= 11 is 0. The normalized spacial score (nSPS) is 5.14. The minimum atomic E-state index is -2.60. The molecule has 0 unspecified atom stereocenters. The third kappa shape index (κ3) is 89.0. The van der Waals surface area contributed by atoms with Crippen LogP contribution in [0.25, 0.3) is 0 Å². The Bertz CT molecular complexity index is 12.8. The van der Waals surface area contributed by atoms with Gasteiger partial charge in [0, 0.05) is 4.66 Å². The quantitative estimate of drug-likeness (QED) is 0.436. The summed E-state index contributed by atoms with van der Waals surface area (Å²) in [5.41, 5.74) is 0. The van der Waals surface area contributed by atoms with Crippen molar-refractivity contribution >= 4 is 48.9 Å². The molecule has 0 spiro atoms. The van der Waals surface area contributed by atoms with E-state index in [4.69, 9.17) is 14.0 Å². The first-order valence-corrected chi connectivity index (χ1v) is 1.43. The molecule has 0 aliphatic carbocycles. The van der Waals surface area contributed by atoms with Crippen LogP contribution >= 0.6 is 0 Å². The molecule has 0 bridgehead atoms. The van der Waals surface area contributed by atoms with E-state index in [1.54, 1.807) is 0 Å². The molecule has 5 N–H and O–H groups in total. The fourth-order valence-electron chi connectivity index (χ4n) is 0. The number of halogens is 1. The van der Waals surface area contributed by atoms with Crippen molar-refractivity contribution in [3.63, 3.8) is 0 Å². The molecule has 0 aliphatic rings. The molecule has 7 heavy (non-hydrogen) atoms. The molecule has 0 amide bonds. The smallest absolute Gasteiger partial charge is 0.282 e. The summed E-state index contributed by atoms with van der Waals surface area (Å²) in [5, 5.41) is 0. The van der Waals surface area contributed by atoms with Crippen LogP contribution in [0, 0.1) is 10.8 Å². The van der Waals surface area contributed by atoms with Gasteiger partial charge in [-0.05, 0) is 0 Å². The Kier molecular flexibility index (Phi) is 52.3. The molecule has 0 saturated carbocycles. The van der Waals surface area contributed by atoms with Gasteiger partial charge in [-0.3, -0.25) is 0 Å². The van der Waals surface area contributed by atoms with Gasteiger partial charge in [0.1, 0.15) is 0 Å². The molecule has 0 heterocycles. The molecular weight excluding hydrogens is 253 g/mol. The van der Waals surface area contributed by atoms with Crippen LogP contribution in [0.5, 0.6) is 0 Å². The average Bonchev–Trinajstić information content (AvgIpc) is 0.811. The van der Waals surface area contributed by atoms with E-state index < -0.39 is 10.8 Å². The van der Waals surface area contributed by atoms with Crippen LogP contribution in [0.4, 0.5) is 0 Å². The zero-order chi connectivity index (χ0) is 3.58. The minimum Gasteiger partial charge on any atom is -0.321 e. The fraction of sp³-hybridized carbons (Fsp3) is 0. The summed E-state index contributed by atoms with van der Waals surface area (Å²) in [7, 11) is -2.60. The van der Waals surface area contributed by atoms with Gasteiger partial charge in [-0.1, -0.05) is 0 Å². The maximum Gasteiger partial charge on any atom is 0.282 e. The van der Waals surface area contributed by atoms with Crippen molar-refractivity contribution in [2.24, 2.45) is 0 Å². The van der Waals surface area contributed by atoms with E-state index in [1.165, 1.54) is 0 Å². The Morgan fingerprint density at radius 3 is 1.14 bits per heavy atom. The van der Waals surface area contributed by atoms with Gasteiger partial charge in [0.25, 0.3) is 10.8 Å². The molecular formula is H7BaClO5. The van der Waals surface area contributed by atoms with E-state index in [2.05, 4.69) is 0 Å². The second-order valence-corrected chi connectivity index (χ2v) is 0.603. The van der Waals surface area contributed by atoms with E-state index in [0.29, 0.717) is 0 Å². The van der Waals surface area contributed by atoms with Gasteiger partial charge in [-0.15, -0.1) is 0 Å². The Morgan fingerprint density at radius 2 is 1.14 bits per heavy atom. The maximum atomic E-state index is 8.52. The first-order chi connectivity index (χ1) is 1.73. The third-order valence-electron chi connectivity index (χ3n) is 0. The fourth-order valence-corrected chi connectivity index (χ4v) is 0. The van der Waals surface area contributed by atoms with E-state index >= 15 is 0 Å². The first kappa shape index (κ1) is 23.4. The zero-order valence-electron chi connectivity index (χ0n) is 2.64. The van der Waals surface area contributed by atoms with E-state index in [-0.39, 0.29) is 59.8 Å². The monoisotopic (exact) mass is 260 g/mol. The Morgan fingerprint density at radius 1 is 1.14 bits per heavy atom. The van der Waals surface area contributed by atoms with Crippen molar-refractivity contribution in [1.29, 1.82) is 0 Å². The van der Waals surface area contributed by atoms with E-state index in [1.807, 2.05) is 0 Å². The molecule has 46 valence electrons. The molecule has 0 fully saturated rings. The first-order valence-electron chi connectivity index (χ1n) is 0.478. The Hall–Kier alpha value is 1.66. The van der Waals surface area contributed by atoms with Crippen molar-refractivity contribution in [2.75, 3.05) is 0 Å². The predicted molar refractivity (Wildman–Crippen MR) is 18.0 cm³/mol. The van der Waals surface area contributed by atoms with Crippen LogP contribution in [0.2, 0.25) is 0 Å². The van der Waals surface area contributed by atoms with E-state index in [9.17, 15) is 0 Å². The van der Waals surface area contributed by atoms with Crippen LogP contribution in [-0.4, -0.2) is 64.5 Å². The van der Waals surface area contributed by atoms with E-state index in [0.717, 1.165) is 0 Å². The van der Waals surface area contributed by atoms with Crippen molar-refractivity contribution in [3.8, 4) is 0 Å². The van der Waals surface area contributed by atoms with Gasteiger partial charge in [-0.2, -0.15) is 0 Å². The minimum absolute atomic E-state index is 0. The molecule has 0 aromatic carbocycles. The molecule has 0 rings (SSSR count). The van der Waals surface area contributed by atoms with Gasteiger partial charge in [0.05, 0.1) is 0 Å². The average molecular weight is 260 g/mol. The molecule has 0 aliphatic heterocycles. The van der Waals surface area contributed by atoms with Crippen LogP contribution in [0.15, 0.2) is 0 Å². The summed E-state index contributed by atoms with van der Waals surface area (Å²) in [5.74, 6) is 0. The molecule has 7 heteroatoms. The van der Waals surface area contributed by atoms with Crippen LogP contribution in [0.3, 0.4) is 0 Å². The molecule has 0 atom stereocenters. The second kappa shape index (κ2) is 15.6. The SMILES string of the molecule is O.O.[BaH2].[O-][Cl+2]([O-])O. The van der Waals surface area contributed by atoms with Crippen molar-refractivity contribution < 1.29 is 35.7 Å². The molecule has 0 radical (unpaired) electrons. The molecule has 0 aromatic rings. The van der Waals surface area contributed by atoms with Gasteiger partial charge in [-0.25, -0.2) is 0 Å². The number of hydrogen-bond acceptors (Lipinski definition) is 3. The summed E-state index contributed by atoms with van der Waals surface area (Å²) in [6.07, 6.45) is 0. The number of rotatable bonds is 0.